The van der Waals surface area contributed by atoms with Gasteiger partial charge in [0.15, 0.2) is 0 Å². The minimum atomic E-state index is -3.64. The topological polar surface area (TPSA) is 115 Å². The van der Waals surface area contributed by atoms with Crippen molar-refractivity contribution in [1.82, 2.24) is 19.6 Å². The van der Waals surface area contributed by atoms with E-state index in [0.29, 0.717) is 31.6 Å². The zero-order valence-corrected chi connectivity index (χ0v) is 23.5. The molecule has 3 atom stereocenters. The van der Waals surface area contributed by atoms with Crippen molar-refractivity contribution in [2.24, 2.45) is 16.7 Å². The van der Waals surface area contributed by atoms with Gasteiger partial charge in [-0.3, -0.25) is 4.79 Å². The number of allylic oxidation sites excluding steroid dienone is 1. The van der Waals surface area contributed by atoms with Crippen LogP contribution in [0.2, 0.25) is 0 Å². The van der Waals surface area contributed by atoms with Gasteiger partial charge in [-0.15, -0.1) is 0 Å². The highest BCUT2D eigenvalue weighted by Gasteiger charge is 2.72. The maximum Gasteiger partial charge on any atom is 0.244 e. The van der Waals surface area contributed by atoms with Crippen molar-refractivity contribution in [3.63, 3.8) is 0 Å². The van der Waals surface area contributed by atoms with Crippen molar-refractivity contribution in [3.05, 3.63) is 65.8 Å². The van der Waals surface area contributed by atoms with Gasteiger partial charge in [-0.25, -0.2) is 17.7 Å². The Hall–Kier alpha value is -2.75. The molecule has 6 rings (SSSR count). The molecule has 1 amide bonds. The third kappa shape index (κ3) is 4.12. The molecule has 8 nitrogen and oxygen atoms in total. The van der Waals surface area contributed by atoms with Crippen molar-refractivity contribution in [1.29, 1.82) is 0 Å². The minimum Gasteiger partial charge on any atom is -0.387 e. The van der Waals surface area contributed by atoms with Crippen LogP contribution < -0.4 is 5.32 Å². The van der Waals surface area contributed by atoms with E-state index < -0.39 is 21.0 Å². The van der Waals surface area contributed by atoms with Gasteiger partial charge in [-0.2, -0.15) is 0 Å². The SMILES string of the molecule is CC1(C)C2CCC1(CS(=O)(=O)N1CCC3(C=Cc4ccccc43)CC1)C(O)(CNC(=O)/C=C/c1cnc[nH]1)C2. The van der Waals surface area contributed by atoms with Crippen LogP contribution >= 0.6 is 0 Å². The van der Waals surface area contributed by atoms with Crippen LogP contribution in [0.25, 0.3) is 12.2 Å². The van der Waals surface area contributed by atoms with E-state index in [-0.39, 0.29) is 35.0 Å². The van der Waals surface area contributed by atoms with Gasteiger partial charge < -0.3 is 15.4 Å². The number of benzene rings is 1. The highest BCUT2D eigenvalue weighted by atomic mass is 32.2. The Kier molecular flexibility index (Phi) is 6.21. The number of nitrogens with one attached hydrogen (secondary N) is 2. The molecular weight excluding hydrogens is 512 g/mol. The minimum absolute atomic E-state index is 0.0271. The number of piperidine rings is 1. The largest absolute Gasteiger partial charge is 0.387 e. The summed E-state index contributed by atoms with van der Waals surface area (Å²) < 4.78 is 29.7. The Morgan fingerprint density at radius 3 is 2.72 bits per heavy atom. The predicted octanol–water partition coefficient (Wildman–Crippen LogP) is 3.49. The number of nitrogens with zero attached hydrogens (tertiary/aromatic N) is 2. The number of amides is 1. The molecule has 39 heavy (non-hydrogen) atoms. The Balaban J connectivity index is 1.18. The normalized spacial score (nSPS) is 30.8. The van der Waals surface area contributed by atoms with Gasteiger partial charge in [-0.05, 0) is 60.6 Å². The highest BCUT2D eigenvalue weighted by Crippen LogP contribution is 2.70. The second-order valence-corrected chi connectivity index (χ2v) is 14.5. The number of hydrogen-bond acceptors (Lipinski definition) is 5. The summed E-state index contributed by atoms with van der Waals surface area (Å²) in [5, 5.41) is 14.9. The summed E-state index contributed by atoms with van der Waals surface area (Å²) in [4.78, 5) is 19.4. The van der Waals surface area contributed by atoms with Crippen molar-refractivity contribution in [2.45, 2.75) is 57.0 Å². The first-order chi connectivity index (χ1) is 18.5. The first kappa shape index (κ1) is 26.5. The van der Waals surface area contributed by atoms with E-state index in [2.05, 4.69) is 59.5 Å². The second-order valence-electron chi connectivity index (χ2n) is 12.6. The molecule has 3 unspecified atom stereocenters. The number of aromatic amines is 1. The maximum atomic E-state index is 14.0. The number of aliphatic hydroxyl groups is 1. The molecule has 2 bridgehead atoms. The monoisotopic (exact) mass is 550 g/mol. The van der Waals surface area contributed by atoms with Crippen LogP contribution in [0, 0.1) is 16.7 Å². The Morgan fingerprint density at radius 1 is 1.23 bits per heavy atom. The summed E-state index contributed by atoms with van der Waals surface area (Å²) in [6.45, 7) is 5.16. The predicted molar refractivity (Wildman–Crippen MR) is 151 cm³/mol. The molecule has 4 aliphatic rings. The fourth-order valence-electron chi connectivity index (χ4n) is 8.17. The van der Waals surface area contributed by atoms with E-state index in [1.165, 1.54) is 23.5 Å². The average molecular weight is 551 g/mol. The molecule has 2 saturated carbocycles. The quantitative estimate of drug-likeness (QED) is 0.457. The van der Waals surface area contributed by atoms with Crippen LogP contribution in [-0.2, 0) is 20.2 Å². The van der Waals surface area contributed by atoms with Gasteiger partial charge in [0.1, 0.15) is 0 Å². The van der Waals surface area contributed by atoms with E-state index in [1.807, 2.05) is 6.07 Å². The molecule has 1 aromatic carbocycles. The fraction of sp³-hybridized carbons (Fsp3) is 0.533. The molecule has 2 heterocycles. The Bertz CT molecular complexity index is 1420. The fourth-order valence-corrected chi connectivity index (χ4v) is 10.5. The van der Waals surface area contributed by atoms with Crippen LogP contribution in [0.3, 0.4) is 0 Å². The lowest BCUT2D eigenvalue weighted by atomic mass is 9.64. The zero-order chi connectivity index (χ0) is 27.5. The van der Waals surface area contributed by atoms with Crippen LogP contribution in [-0.4, -0.2) is 64.7 Å². The first-order valence-electron chi connectivity index (χ1n) is 13.9. The number of H-pyrrole nitrogens is 1. The second kappa shape index (κ2) is 9.14. The molecule has 2 aromatic rings. The molecule has 3 N–H and O–H groups in total. The van der Waals surface area contributed by atoms with Crippen molar-refractivity contribution < 1.29 is 18.3 Å². The number of carbonyl (C=O) groups excluding carboxylic acids is 1. The standard InChI is InChI=1S/C30H38N4O4S/c1-27(2)23-10-12-29(27,30(36,17-23)19-32-26(35)8-7-24-18-31-21-33-24)20-39(37,38)34-15-13-28(14-16-34)11-9-22-5-3-4-6-25(22)28/h3-9,11,18,21,23,36H,10,12-17,19-20H2,1-2H3,(H,31,33)(H,32,35)/b8-7+. The number of aromatic nitrogens is 2. The molecule has 1 spiro atoms. The summed E-state index contributed by atoms with van der Waals surface area (Å²) in [5.74, 6) is -0.220. The number of imidazole rings is 1. The number of fused-ring (bicyclic) bond motifs is 4. The molecule has 1 aliphatic heterocycles. The van der Waals surface area contributed by atoms with Crippen LogP contribution in [0.4, 0.5) is 0 Å². The number of hydrogen-bond donors (Lipinski definition) is 3. The van der Waals surface area contributed by atoms with Gasteiger partial charge in [-0.1, -0.05) is 50.3 Å². The van der Waals surface area contributed by atoms with Crippen LogP contribution in [0.5, 0.6) is 0 Å². The Labute approximate surface area is 230 Å². The summed E-state index contributed by atoms with van der Waals surface area (Å²) >= 11 is 0. The number of rotatable bonds is 7. The van der Waals surface area contributed by atoms with Crippen molar-refractivity contribution >= 4 is 28.1 Å². The third-order valence-electron chi connectivity index (χ3n) is 10.7. The lowest BCUT2D eigenvalue weighted by molar-refractivity contribution is -0.121. The number of carbonyl (C=O) groups is 1. The summed E-state index contributed by atoms with van der Waals surface area (Å²) in [5.41, 5.74) is 0.627. The lowest BCUT2D eigenvalue weighted by Crippen LogP contribution is -2.60. The van der Waals surface area contributed by atoms with Crippen LogP contribution in [0.1, 0.15) is 62.8 Å². The molecule has 1 saturated heterocycles. The summed E-state index contributed by atoms with van der Waals surface area (Å²) in [7, 11) is -3.64. The average Bonchev–Trinajstić information content (AvgIpc) is 3.64. The van der Waals surface area contributed by atoms with E-state index in [0.717, 1.165) is 19.3 Å². The van der Waals surface area contributed by atoms with Crippen molar-refractivity contribution in [2.75, 3.05) is 25.4 Å². The van der Waals surface area contributed by atoms with Gasteiger partial charge in [0.25, 0.3) is 0 Å². The van der Waals surface area contributed by atoms with E-state index in [4.69, 9.17) is 0 Å². The Morgan fingerprint density at radius 2 is 2.00 bits per heavy atom. The molecular formula is C30H38N4O4S. The lowest BCUT2D eigenvalue weighted by Gasteiger charge is -2.49. The molecule has 3 aliphatic carbocycles. The summed E-state index contributed by atoms with van der Waals surface area (Å²) in [6, 6.07) is 8.38. The molecule has 208 valence electrons. The van der Waals surface area contributed by atoms with Crippen molar-refractivity contribution in [3.8, 4) is 0 Å². The summed E-state index contributed by atoms with van der Waals surface area (Å²) in [6.07, 6.45) is 14.1. The van der Waals surface area contributed by atoms with Crippen LogP contribution in [0.15, 0.2) is 48.9 Å². The third-order valence-corrected chi connectivity index (χ3v) is 12.7. The first-order valence-corrected chi connectivity index (χ1v) is 15.5. The van der Waals surface area contributed by atoms with E-state index >= 15 is 0 Å². The highest BCUT2D eigenvalue weighted by molar-refractivity contribution is 7.89. The van der Waals surface area contributed by atoms with Gasteiger partial charge in [0, 0.05) is 36.5 Å². The van der Waals surface area contributed by atoms with E-state index in [1.54, 1.807) is 16.6 Å². The smallest absolute Gasteiger partial charge is 0.244 e. The zero-order valence-electron chi connectivity index (χ0n) is 22.7. The van der Waals surface area contributed by atoms with E-state index in [9.17, 15) is 18.3 Å². The maximum absolute atomic E-state index is 14.0. The molecule has 1 aromatic heterocycles. The van der Waals surface area contributed by atoms with Gasteiger partial charge >= 0.3 is 0 Å². The molecule has 0 radical (unpaired) electrons. The van der Waals surface area contributed by atoms with Gasteiger partial charge in [0.05, 0.1) is 29.6 Å². The van der Waals surface area contributed by atoms with Gasteiger partial charge in [0.2, 0.25) is 15.9 Å². The number of sulfonamides is 1. The molecule has 3 fully saturated rings. The molecule has 9 heteroatoms.